The molecule has 6 heteroatoms. The minimum atomic E-state index is -0.511. The highest BCUT2D eigenvalue weighted by Gasteiger charge is 2.16. The van der Waals surface area contributed by atoms with Crippen molar-refractivity contribution in [3.05, 3.63) is 56.3 Å². The van der Waals surface area contributed by atoms with Crippen LogP contribution in [-0.2, 0) is 9.53 Å². The van der Waals surface area contributed by atoms with Crippen LogP contribution in [0, 0.1) is 27.7 Å². The Balaban J connectivity index is 1.82. The van der Waals surface area contributed by atoms with Gasteiger partial charge in [-0.15, -0.1) is 11.3 Å². The normalized spacial score (nSPS) is 10.5. The number of hydrogen-bond donors (Lipinski definition) is 1. The van der Waals surface area contributed by atoms with Gasteiger partial charge in [-0.2, -0.15) is 0 Å². The van der Waals surface area contributed by atoms with Crippen LogP contribution in [0.5, 0.6) is 0 Å². The zero-order valence-corrected chi connectivity index (χ0v) is 16.3. The summed E-state index contributed by atoms with van der Waals surface area (Å²) in [5.41, 5.74) is 4.79. The molecule has 1 heterocycles. The summed E-state index contributed by atoms with van der Waals surface area (Å²) < 4.78 is 5.06. The van der Waals surface area contributed by atoms with Crippen LogP contribution >= 0.6 is 11.3 Å². The number of thiophene rings is 1. The molecule has 1 aromatic carbocycles. The quantitative estimate of drug-likeness (QED) is 0.595. The highest BCUT2D eigenvalue weighted by atomic mass is 32.1. The van der Waals surface area contributed by atoms with Crippen molar-refractivity contribution in [1.82, 2.24) is 5.32 Å². The standard InChI is InChI=1S/C20H23NO4S/c1-12-10-16(15(4)14(3)13(12)2)17(22)11-25-19(23)7-8-21-20(24)18-6-5-9-26-18/h5-6,9-10H,7-8,11H2,1-4H3,(H,21,24). The molecule has 0 fully saturated rings. The fourth-order valence-electron chi connectivity index (χ4n) is 2.57. The monoisotopic (exact) mass is 373 g/mol. The SMILES string of the molecule is Cc1cc(C(=O)COC(=O)CCNC(=O)c2cccs2)c(C)c(C)c1C. The number of carbonyl (C=O) groups excluding carboxylic acids is 3. The first-order valence-electron chi connectivity index (χ1n) is 8.39. The van der Waals surface area contributed by atoms with Gasteiger partial charge in [0.05, 0.1) is 11.3 Å². The van der Waals surface area contributed by atoms with Gasteiger partial charge in [0.2, 0.25) is 5.78 Å². The van der Waals surface area contributed by atoms with E-state index in [1.54, 1.807) is 12.1 Å². The molecule has 1 N–H and O–H groups in total. The molecule has 0 atom stereocenters. The lowest BCUT2D eigenvalue weighted by Crippen LogP contribution is -2.26. The Morgan fingerprint density at radius 2 is 1.81 bits per heavy atom. The van der Waals surface area contributed by atoms with Crippen LogP contribution in [0.1, 0.15) is 48.7 Å². The lowest BCUT2D eigenvalue weighted by atomic mass is 9.93. The summed E-state index contributed by atoms with van der Waals surface area (Å²) in [4.78, 5) is 36.5. The predicted octanol–water partition coefficient (Wildman–Crippen LogP) is 3.53. The molecule has 2 aromatic rings. The molecule has 0 aliphatic carbocycles. The number of rotatable bonds is 7. The number of Topliss-reactive ketones (excluding diaryl/α,β-unsaturated/α-hetero) is 1. The lowest BCUT2D eigenvalue weighted by molar-refractivity contribution is -0.142. The van der Waals surface area contributed by atoms with Gasteiger partial charge in [-0.25, -0.2) is 0 Å². The van der Waals surface area contributed by atoms with E-state index >= 15 is 0 Å². The van der Waals surface area contributed by atoms with Crippen molar-refractivity contribution in [2.45, 2.75) is 34.1 Å². The van der Waals surface area contributed by atoms with Crippen LogP contribution < -0.4 is 5.32 Å². The second kappa shape index (κ2) is 8.76. The molecule has 0 spiro atoms. The van der Waals surface area contributed by atoms with Gasteiger partial charge in [-0.1, -0.05) is 6.07 Å². The smallest absolute Gasteiger partial charge is 0.308 e. The maximum absolute atomic E-state index is 12.4. The predicted molar refractivity (Wildman–Crippen MR) is 102 cm³/mol. The van der Waals surface area contributed by atoms with Crippen molar-refractivity contribution in [1.29, 1.82) is 0 Å². The van der Waals surface area contributed by atoms with Gasteiger partial charge < -0.3 is 10.1 Å². The van der Waals surface area contributed by atoms with Crippen LogP contribution in [0.3, 0.4) is 0 Å². The lowest BCUT2D eigenvalue weighted by Gasteiger charge is -2.13. The minimum Gasteiger partial charge on any atom is -0.457 e. The summed E-state index contributed by atoms with van der Waals surface area (Å²) in [5.74, 6) is -0.946. The first-order chi connectivity index (χ1) is 12.3. The second-order valence-corrected chi connectivity index (χ2v) is 7.13. The largest absolute Gasteiger partial charge is 0.457 e. The van der Waals surface area contributed by atoms with Crippen LogP contribution in [-0.4, -0.2) is 30.8 Å². The zero-order valence-electron chi connectivity index (χ0n) is 15.5. The first-order valence-corrected chi connectivity index (χ1v) is 9.27. The summed E-state index contributed by atoms with van der Waals surface area (Å²) in [5, 5.41) is 4.46. The number of ether oxygens (including phenoxy) is 1. The average molecular weight is 373 g/mol. The van der Waals surface area contributed by atoms with Crippen LogP contribution in [0.4, 0.5) is 0 Å². The number of esters is 1. The number of amides is 1. The molecule has 5 nitrogen and oxygen atoms in total. The maximum atomic E-state index is 12.4. The molecule has 0 bridgehead atoms. The number of hydrogen-bond acceptors (Lipinski definition) is 5. The van der Waals surface area contributed by atoms with E-state index in [1.807, 2.05) is 39.1 Å². The fourth-order valence-corrected chi connectivity index (χ4v) is 3.21. The van der Waals surface area contributed by atoms with Gasteiger partial charge in [-0.3, -0.25) is 14.4 Å². The van der Waals surface area contributed by atoms with Gasteiger partial charge in [0.25, 0.3) is 5.91 Å². The molecule has 0 aliphatic rings. The van der Waals surface area contributed by atoms with Crippen LogP contribution in [0.2, 0.25) is 0 Å². The summed E-state index contributed by atoms with van der Waals surface area (Å²) >= 11 is 1.33. The highest BCUT2D eigenvalue weighted by molar-refractivity contribution is 7.12. The van der Waals surface area contributed by atoms with E-state index in [9.17, 15) is 14.4 Å². The van der Waals surface area contributed by atoms with Crippen molar-refractivity contribution in [2.75, 3.05) is 13.2 Å². The summed E-state index contributed by atoms with van der Waals surface area (Å²) in [7, 11) is 0. The van der Waals surface area contributed by atoms with E-state index in [1.165, 1.54) is 11.3 Å². The Hall–Kier alpha value is -2.47. The molecule has 1 amide bonds. The summed E-state index contributed by atoms with van der Waals surface area (Å²) in [6.45, 7) is 7.75. The molecular formula is C20H23NO4S. The highest BCUT2D eigenvalue weighted by Crippen LogP contribution is 2.21. The second-order valence-electron chi connectivity index (χ2n) is 6.18. The minimum absolute atomic E-state index is 0.0231. The van der Waals surface area contributed by atoms with Crippen molar-refractivity contribution in [3.63, 3.8) is 0 Å². The van der Waals surface area contributed by atoms with Gasteiger partial charge in [0.1, 0.15) is 0 Å². The van der Waals surface area contributed by atoms with Crippen molar-refractivity contribution >= 4 is 29.0 Å². The van der Waals surface area contributed by atoms with Crippen LogP contribution in [0.15, 0.2) is 23.6 Å². The Kier molecular flexibility index (Phi) is 6.69. The molecular weight excluding hydrogens is 350 g/mol. The van der Waals surface area contributed by atoms with Gasteiger partial charge in [-0.05, 0) is 67.5 Å². The number of benzene rings is 1. The van der Waals surface area contributed by atoms with Crippen molar-refractivity contribution in [2.24, 2.45) is 0 Å². The van der Waals surface area contributed by atoms with E-state index in [2.05, 4.69) is 5.32 Å². The fraction of sp³-hybridized carbons (Fsp3) is 0.350. The van der Waals surface area contributed by atoms with E-state index < -0.39 is 5.97 Å². The molecule has 0 radical (unpaired) electrons. The van der Waals surface area contributed by atoms with E-state index in [0.29, 0.717) is 10.4 Å². The topological polar surface area (TPSA) is 72.5 Å². The molecule has 2 rings (SSSR count). The Bertz CT molecular complexity index is 825. The van der Waals surface area contributed by atoms with Crippen molar-refractivity contribution in [3.8, 4) is 0 Å². The number of ketones is 1. The number of carbonyl (C=O) groups is 3. The third-order valence-electron chi connectivity index (χ3n) is 4.51. The summed E-state index contributed by atoms with van der Waals surface area (Å²) in [6.07, 6.45) is 0.0231. The van der Waals surface area contributed by atoms with E-state index in [0.717, 1.165) is 22.3 Å². The molecule has 138 valence electrons. The molecule has 0 aliphatic heterocycles. The molecule has 0 saturated carbocycles. The van der Waals surface area contributed by atoms with E-state index in [4.69, 9.17) is 4.74 Å². The number of aryl methyl sites for hydroxylation is 1. The van der Waals surface area contributed by atoms with Crippen LogP contribution in [0.25, 0.3) is 0 Å². The zero-order chi connectivity index (χ0) is 19.3. The molecule has 0 unspecified atom stereocenters. The molecule has 26 heavy (non-hydrogen) atoms. The van der Waals surface area contributed by atoms with Gasteiger partial charge in [0, 0.05) is 12.1 Å². The Labute approximate surface area is 157 Å². The third kappa shape index (κ3) is 4.79. The van der Waals surface area contributed by atoms with Gasteiger partial charge in [0.15, 0.2) is 6.61 Å². The third-order valence-corrected chi connectivity index (χ3v) is 5.37. The summed E-state index contributed by atoms with van der Waals surface area (Å²) in [6, 6.07) is 5.34. The van der Waals surface area contributed by atoms with Gasteiger partial charge >= 0.3 is 5.97 Å². The first kappa shape index (κ1) is 19.8. The molecule has 0 saturated heterocycles. The average Bonchev–Trinajstić information content (AvgIpc) is 3.15. The molecule has 1 aromatic heterocycles. The van der Waals surface area contributed by atoms with E-state index in [-0.39, 0.29) is 31.3 Å². The Morgan fingerprint density at radius 1 is 1.08 bits per heavy atom. The number of nitrogens with one attached hydrogen (secondary N) is 1. The van der Waals surface area contributed by atoms with Crippen molar-refractivity contribution < 1.29 is 19.1 Å². The maximum Gasteiger partial charge on any atom is 0.308 e. The Morgan fingerprint density at radius 3 is 2.46 bits per heavy atom.